The fourth-order valence-electron chi connectivity index (χ4n) is 2.22. The molecule has 0 atom stereocenters. The lowest BCUT2D eigenvalue weighted by atomic mass is 10.1. The third-order valence-electron chi connectivity index (χ3n) is 3.37. The average Bonchev–Trinajstić information content (AvgIpc) is 3.21. The topological polar surface area (TPSA) is 81.4 Å². The standard InChI is InChI=1S/C17H14N2O4S/c1-10-14(15(19-23-10)11-6-4-3-5-7-11)16(20)18-13-9-8-12(24-13)17(21)22-2/h3-9H,1-2H3,(H,18,20). The molecule has 0 aliphatic carbocycles. The maximum Gasteiger partial charge on any atom is 0.348 e. The van der Waals surface area contributed by atoms with Gasteiger partial charge in [0.1, 0.15) is 21.9 Å². The molecule has 2 heterocycles. The normalized spacial score (nSPS) is 10.4. The Morgan fingerprint density at radius 1 is 1.17 bits per heavy atom. The van der Waals surface area contributed by atoms with Crippen LogP contribution in [-0.4, -0.2) is 24.1 Å². The lowest BCUT2D eigenvalue weighted by Crippen LogP contribution is -2.12. The van der Waals surface area contributed by atoms with E-state index in [1.54, 1.807) is 19.1 Å². The molecule has 0 fully saturated rings. The first kappa shape index (κ1) is 15.9. The predicted octanol–water partition coefficient (Wildman–Crippen LogP) is 3.75. The van der Waals surface area contributed by atoms with Gasteiger partial charge in [-0.3, -0.25) is 4.79 Å². The molecule has 3 aromatic rings. The summed E-state index contributed by atoms with van der Waals surface area (Å²) in [5.41, 5.74) is 1.64. The highest BCUT2D eigenvalue weighted by Crippen LogP contribution is 2.28. The summed E-state index contributed by atoms with van der Waals surface area (Å²) in [4.78, 5) is 24.5. The summed E-state index contributed by atoms with van der Waals surface area (Å²) in [5, 5.41) is 7.30. The molecule has 0 spiro atoms. The minimum atomic E-state index is -0.438. The van der Waals surface area contributed by atoms with Crippen LogP contribution in [0.4, 0.5) is 5.00 Å². The summed E-state index contributed by atoms with van der Waals surface area (Å²) in [6.07, 6.45) is 0. The molecule has 0 unspecified atom stereocenters. The first-order valence-corrected chi connectivity index (χ1v) is 7.93. The molecule has 1 aromatic carbocycles. The first-order valence-electron chi connectivity index (χ1n) is 7.11. The Bertz CT molecular complexity index is 883. The van der Waals surface area contributed by atoms with Crippen LogP contribution in [0.15, 0.2) is 47.0 Å². The number of rotatable bonds is 4. The van der Waals surface area contributed by atoms with Crippen LogP contribution in [0.2, 0.25) is 0 Å². The lowest BCUT2D eigenvalue weighted by molar-refractivity contribution is 0.0606. The van der Waals surface area contributed by atoms with E-state index < -0.39 is 5.97 Å². The van der Waals surface area contributed by atoms with Crippen molar-refractivity contribution in [3.05, 3.63) is 58.7 Å². The number of anilines is 1. The average molecular weight is 342 g/mol. The number of methoxy groups -OCH3 is 1. The Balaban J connectivity index is 1.87. The van der Waals surface area contributed by atoms with E-state index in [2.05, 4.69) is 15.2 Å². The first-order chi connectivity index (χ1) is 11.6. The van der Waals surface area contributed by atoms with E-state index in [4.69, 9.17) is 4.52 Å². The van der Waals surface area contributed by atoms with Gasteiger partial charge in [0.15, 0.2) is 0 Å². The van der Waals surface area contributed by atoms with E-state index in [0.717, 1.165) is 16.9 Å². The molecule has 2 aromatic heterocycles. The zero-order valence-electron chi connectivity index (χ0n) is 13.0. The maximum atomic E-state index is 12.6. The van der Waals surface area contributed by atoms with E-state index in [1.807, 2.05) is 30.3 Å². The van der Waals surface area contributed by atoms with Crippen LogP contribution in [0.1, 0.15) is 25.8 Å². The van der Waals surface area contributed by atoms with Gasteiger partial charge in [-0.1, -0.05) is 35.5 Å². The van der Waals surface area contributed by atoms with Gasteiger partial charge >= 0.3 is 5.97 Å². The number of amides is 1. The van der Waals surface area contributed by atoms with Crippen molar-refractivity contribution >= 4 is 28.2 Å². The molecule has 1 amide bonds. The SMILES string of the molecule is COC(=O)c1ccc(NC(=O)c2c(-c3ccccc3)noc2C)s1. The van der Waals surface area contributed by atoms with Gasteiger partial charge in [0.25, 0.3) is 5.91 Å². The van der Waals surface area contributed by atoms with Gasteiger partial charge in [0.05, 0.1) is 12.1 Å². The van der Waals surface area contributed by atoms with Crippen LogP contribution >= 0.6 is 11.3 Å². The molecular weight excluding hydrogens is 328 g/mol. The number of aromatic nitrogens is 1. The third-order valence-corrected chi connectivity index (χ3v) is 4.35. The number of nitrogens with zero attached hydrogens (tertiary/aromatic N) is 1. The van der Waals surface area contributed by atoms with E-state index in [9.17, 15) is 9.59 Å². The highest BCUT2D eigenvalue weighted by Gasteiger charge is 2.22. The quantitative estimate of drug-likeness (QED) is 0.730. The summed E-state index contributed by atoms with van der Waals surface area (Å²) in [5.74, 6) is -0.353. The highest BCUT2D eigenvalue weighted by molar-refractivity contribution is 7.18. The number of thiophene rings is 1. The van der Waals surface area contributed by atoms with Gasteiger partial charge < -0.3 is 14.6 Å². The summed E-state index contributed by atoms with van der Waals surface area (Å²) < 4.78 is 9.84. The molecular formula is C17H14N2O4S. The second kappa shape index (κ2) is 6.67. The second-order valence-corrected chi connectivity index (χ2v) is 6.02. The van der Waals surface area contributed by atoms with Crippen molar-refractivity contribution in [2.24, 2.45) is 0 Å². The molecule has 6 nitrogen and oxygen atoms in total. The Hall–Kier alpha value is -2.93. The number of esters is 1. The molecule has 0 radical (unpaired) electrons. The van der Waals surface area contributed by atoms with Gasteiger partial charge in [0.2, 0.25) is 0 Å². The molecule has 3 rings (SSSR count). The molecule has 0 aliphatic heterocycles. The number of carbonyl (C=O) groups excluding carboxylic acids is 2. The number of hydrogen-bond donors (Lipinski definition) is 1. The highest BCUT2D eigenvalue weighted by atomic mass is 32.1. The third kappa shape index (κ3) is 3.07. The number of benzene rings is 1. The second-order valence-electron chi connectivity index (χ2n) is 4.94. The van der Waals surface area contributed by atoms with Crippen LogP contribution in [0.3, 0.4) is 0 Å². The van der Waals surface area contributed by atoms with Gasteiger partial charge in [0, 0.05) is 5.56 Å². The largest absolute Gasteiger partial charge is 0.465 e. The number of carbonyl (C=O) groups is 2. The predicted molar refractivity (Wildman–Crippen MR) is 90.3 cm³/mol. The van der Waals surface area contributed by atoms with Crippen molar-refractivity contribution < 1.29 is 18.8 Å². The zero-order chi connectivity index (χ0) is 17.1. The fraction of sp³-hybridized carbons (Fsp3) is 0.118. The smallest absolute Gasteiger partial charge is 0.348 e. The van der Waals surface area contributed by atoms with Crippen LogP contribution in [0.25, 0.3) is 11.3 Å². The lowest BCUT2D eigenvalue weighted by Gasteiger charge is -2.03. The maximum absolute atomic E-state index is 12.6. The Kier molecular flexibility index (Phi) is 4.43. The Morgan fingerprint density at radius 2 is 1.92 bits per heavy atom. The van der Waals surface area contributed by atoms with E-state index in [0.29, 0.717) is 26.9 Å². The zero-order valence-corrected chi connectivity index (χ0v) is 13.8. The molecule has 7 heteroatoms. The summed E-state index contributed by atoms with van der Waals surface area (Å²) in [7, 11) is 1.31. The minimum Gasteiger partial charge on any atom is -0.465 e. The number of aryl methyl sites for hydroxylation is 1. The van der Waals surface area contributed by atoms with Crippen molar-refractivity contribution in [2.75, 3.05) is 12.4 Å². The van der Waals surface area contributed by atoms with Crippen LogP contribution < -0.4 is 5.32 Å². The summed E-state index contributed by atoms with van der Waals surface area (Å²) >= 11 is 1.14. The Labute approximate surface area is 142 Å². The van der Waals surface area contributed by atoms with Crippen LogP contribution in [0, 0.1) is 6.92 Å². The fourth-order valence-corrected chi connectivity index (χ4v) is 3.04. The minimum absolute atomic E-state index is 0.342. The van der Waals surface area contributed by atoms with E-state index in [-0.39, 0.29) is 5.91 Å². The number of hydrogen-bond acceptors (Lipinski definition) is 6. The van der Waals surface area contributed by atoms with Gasteiger partial charge in [-0.25, -0.2) is 4.79 Å². The van der Waals surface area contributed by atoms with Gasteiger partial charge in [-0.2, -0.15) is 0 Å². The molecule has 0 saturated heterocycles. The van der Waals surface area contributed by atoms with Gasteiger partial charge in [-0.05, 0) is 19.1 Å². The van der Waals surface area contributed by atoms with Crippen molar-refractivity contribution in [3.63, 3.8) is 0 Å². The molecule has 0 saturated carbocycles. The number of ether oxygens (including phenoxy) is 1. The molecule has 0 aliphatic rings. The summed E-state index contributed by atoms with van der Waals surface area (Å²) in [6.45, 7) is 1.68. The van der Waals surface area contributed by atoms with Crippen molar-refractivity contribution in [1.29, 1.82) is 0 Å². The van der Waals surface area contributed by atoms with Crippen molar-refractivity contribution in [3.8, 4) is 11.3 Å². The monoisotopic (exact) mass is 342 g/mol. The molecule has 24 heavy (non-hydrogen) atoms. The van der Waals surface area contributed by atoms with E-state index >= 15 is 0 Å². The Morgan fingerprint density at radius 3 is 2.62 bits per heavy atom. The summed E-state index contributed by atoms with van der Waals surface area (Å²) in [6, 6.07) is 12.6. The van der Waals surface area contributed by atoms with Crippen LogP contribution in [0.5, 0.6) is 0 Å². The molecule has 122 valence electrons. The molecule has 1 N–H and O–H groups in total. The van der Waals surface area contributed by atoms with Crippen LogP contribution in [-0.2, 0) is 4.74 Å². The molecule has 0 bridgehead atoms. The van der Waals surface area contributed by atoms with Gasteiger partial charge in [-0.15, -0.1) is 11.3 Å². The van der Waals surface area contributed by atoms with Crippen molar-refractivity contribution in [2.45, 2.75) is 6.92 Å². The number of nitrogens with one attached hydrogen (secondary N) is 1. The van der Waals surface area contributed by atoms with Crippen molar-refractivity contribution in [1.82, 2.24) is 5.16 Å². The van der Waals surface area contributed by atoms with E-state index in [1.165, 1.54) is 7.11 Å².